The molecule has 0 radical (unpaired) electrons. The minimum atomic E-state index is -3.43. The van der Waals surface area contributed by atoms with Crippen LogP contribution in [0.25, 0.3) is 0 Å². The first-order valence-electron chi connectivity index (χ1n) is 7.41. The molecule has 0 saturated heterocycles. The highest BCUT2D eigenvalue weighted by atomic mass is 32.2. The molecular formula is C16H22N4O3S. The number of aromatic nitrogens is 2. The zero-order valence-corrected chi connectivity index (χ0v) is 15.0. The van der Waals surface area contributed by atoms with E-state index in [4.69, 9.17) is 16.2 Å². The van der Waals surface area contributed by atoms with Gasteiger partial charge < -0.3 is 16.2 Å². The summed E-state index contributed by atoms with van der Waals surface area (Å²) in [5.74, 6) is 0.908. The standard InChI is InChI=1S/C16H22N4O3S/c1-9(2)12-7-13(23-3)14(24(4,21)22)6-10(12)5-11-8-19-16(18)20-15(11)17/h6-9H,5H2,1-4H3,(H4,17,18,19,20). The monoisotopic (exact) mass is 350 g/mol. The fraction of sp³-hybridized carbons (Fsp3) is 0.375. The molecule has 1 aromatic heterocycles. The van der Waals surface area contributed by atoms with E-state index in [9.17, 15) is 8.42 Å². The fourth-order valence-electron chi connectivity index (χ4n) is 2.53. The molecule has 0 atom stereocenters. The van der Waals surface area contributed by atoms with Crippen molar-refractivity contribution in [1.82, 2.24) is 9.97 Å². The van der Waals surface area contributed by atoms with Crippen LogP contribution in [-0.2, 0) is 16.3 Å². The van der Waals surface area contributed by atoms with Gasteiger partial charge in [0.15, 0.2) is 9.84 Å². The smallest absolute Gasteiger partial charge is 0.221 e. The first-order chi connectivity index (χ1) is 11.1. The molecule has 7 nitrogen and oxygen atoms in total. The molecule has 4 N–H and O–H groups in total. The Bertz CT molecular complexity index is 864. The molecule has 0 aliphatic rings. The van der Waals surface area contributed by atoms with E-state index < -0.39 is 9.84 Å². The SMILES string of the molecule is COc1cc(C(C)C)c(Cc2cnc(N)nc2N)cc1S(C)(=O)=O. The van der Waals surface area contributed by atoms with Crippen LogP contribution in [0.3, 0.4) is 0 Å². The van der Waals surface area contributed by atoms with Crippen molar-refractivity contribution in [3.05, 3.63) is 35.0 Å². The normalized spacial score (nSPS) is 11.7. The van der Waals surface area contributed by atoms with Crippen molar-refractivity contribution < 1.29 is 13.2 Å². The highest BCUT2D eigenvalue weighted by Gasteiger charge is 2.20. The maximum absolute atomic E-state index is 12.1. The highest BCUT2D eigenvalue weighted by molar-refractivity contribution is 7.90. The molecule has 0 spiro atoms. The van der Waals surface area contributed by atoms with Gasteiger partial charge in [-0.3, -0.25) is 0 Å². The summed E-state index contributed by atoms with van der Waals surface area (Å²) < 4.78 is 29.4. The number of rotatable bonds is 5. The predicted octanol–water partition coefficient (Wildman–Crippen LogP) is 1.77. The Hall–Kier alpha value is -2.35. The number of hydrogen-bond donors (Lipinski definition) is 2. The molecule has 8 heteroatoms. The Morgan fingerprint density at radius 2 is 1.88 bits per heavy atom. The summed E-state index contributed by atoms with van der Waals surface area (Å²) >= 11 is 0. The molecule has 0 amide bonds. The lowest BCUT2D eigenvalue weighted by atomic mass is 9.93. The van der Waals surface area contributed by atoms with Crippen molar-refractivity contribution in [3.63, 3.8) is 0 Å². The molecule has 0 fully saturated rings. The van der Waals surface area contributed by atoms with E-state index in [1.54, 1.807) is 18.3 Å². The summed E-state index contributed by atoms with van der Waals surface area (Å²) in [6.45, 7) is 4.06. The number of nitrogens with two attached hydrogens (primary N) is 2. The summed E-state index contributed by atoms with van der Waals surface area (Å²) in [6.07, 6.45) is 3.13. The van der Waals surface area contributed by atoms with Crippen LogP contribution in [0.4, 0.5) is 11.8 Å². The van der Waals surface area contributed by atoms with E-state index in [0.717, 1.165) is 17.4 Å². The zero-order valence-electron chi connectivity index (χ0n) is 14.2. The molecule has 0 aliphatic heterocycles. The zero-order chi connectivity index (χ0) is 18.1. The van der Waals surface area contributed by atoms with Crippen LogP contribution in [0.1, 0.15) is 36.5 Å². The van der Waals surface area contributed by atoms with Gasteiger partial charge in [0, 0.05) is 24.4 Å². The average molecular weight is 350 g/mol. The second-order valence-electron chi connectivity index (χ2n) is 5.94. The first kappa shape index (κ1) is 18.0. The van der Waals surface area contributed by atoms with Crippen molar-refractivity contribution >= 4 is 21.6 Å². The number of anilines is 2. The van der Waals surface area contributed by atoms with E-state index >= 15 is 0 Å². The van der Waals surface area contributed by atoms with Crippen LogP contribution in [0.2, 0.25) is 0 Å². The molecule has 1 aromatic carbocycles. The number of nitrogen functional groups attached to an aromatic ring is 2. The van der Waals surface area contributed by atoms with E-state index in [0.29, 0.717) is 17.7 Å². The van der Waals surface area contributed by atoms with E-state index in [1.807, 2.05) is 13.8 Å². The van der Waals surface area contributed by atoms with Crippen LogP contribution in [0.15, 0.2) is 23.2 Å². The van der Waals surface area contributed by atoms with Crippen molar-refractivity contribution in [2.75, 3.05) is 24.8 Å². The van der Waals surface area contributed by atoms with Gasteiger partial charge in [0.05, 0.1) is 7.11 Å². The minimum Gasteiger partial charge on any atom is -0.495 e. The van der Waals surface area contributed by atoms with Crippen molar-refractivity contribution in [2.24, 2.45) is 0 Å². The summed E-state index contributed by atoms with van der Waals surface area (Å²) in [4.78, 5) is 8.06. The molecule has 130 valence electrons. The topological polar surface area (TPSA) is 121 Å². The van der Waals surface area contributed by atoms with E-state index in [2.05, 4.69) is 9.97 Å². The quantitative estimate of drug-likeness (QED) is 0.842. The fourth-order valence-corrected chi connectivity index (χ4v) is 3.40. The van der Waals surface area contributed by atoms with Crippen LogP contribution >= 0.6 is 0 Å². The Balaban J connectivity index is 2.62. The lowest BCUT2D eigenvalue weighted by Crippen LogP contribution is -2.08. The first-order valence-corrected chi connectivity index (χ1v) is 9.30. The Labute approximate surface area is 142 Å². The Morgan fingerprint density at radius 3 is 2.38 bits per heavy atom. The second-order valence-corrected chi connectivity index (χ2v) is 7.93. The van der Waals surface area contributed by atoms with E-state index in [-0.39, 0.29) is 22.6 Å². The van der Waals surface area contributed by atoms with Gasteiger partial charge in [-0.2, -0.15) is 4.98 Å². The average Bonchev–Trinajstić information content (AvgIpc) is 2.48. The van der Waals surface area contributed by atoms with Gasteiger partial charge in [0.1, 0.15) is 16.5 Å². The lowest BCUT2D eigenvalue weighted by molar-refractivity contribution is 0.401. The number of methoxy groups -OCH3 is 1. The van der Waals surface area contributed by atoms with Crippen molar-refractivity contribution in [1.29, 1.82) is 0 Å². The van der Waals surface area contributed by atoms with Gasteiger partial charge in [-0.15, -0.1) is 0 Å². The molecule has 24 heavy (non-hydrogen) atoms. The lowest BCUT2D eigenvalue weighted by Gasteiger charge is -2.17. The number of nitrogens with zero attached hydrogens (tertiary/aromatic N) is 2. The molecule has 1 heterocycles. The summed E-state index contributed by atoms with van der Waals surface area (Å²) in [7, 11) is -1.97. The Morgan fingerprint density at radius 1 is 1.21 bits per heavy atom. The number of benzene rings is 1. The third-order valence-electron chi connectivity index (χ3n) is 3.74. The summed E-state index contributed by atoms with van der Waals surface area (Å²) in [5, 5.41) is 0. The van der Waals surface area contributed by atoms with Crippen molar-refractivity contribution in [2.45, 2.75) is 31.1 Å². The maximum Gasteiger partial charge on any atom is 0.221 e. The summed E-state index contributed by atoms with van der Waals surface area (Å²) in [6, 6.07) is 3.41. The van der Waals surface area contributed by atoms with Crippen LogP contribution in [-0.4, -0.2) is 31.8 Å². The number of ether oxygens (including phenoxy) is 1. The molecular weight excluding hydrogens is 328 g/mol. The number of hydrogen-bond acceptors (Lipinski definition) is 7. The van der Waals surface area contributed by atoms with Crippen molar-refractivity contribution in [3.8, 4) is 5.75 Å². The molecule has 0 bridgehead atoms. The summed E-state index contributed by atoms with van der Waals surface area (Å²) in [5.41, 5.74) is 13.9. The van der Waals surface area contributed by atoms with Gasteiger partial charge in [-0.1, -0.05) is 13.8 Å². The highest BCUT2D eigenvalue weighted by Crippen LogP contribution is 2.33. The molecule has 2 aromatic rings. The van der Waals surface area contributed by atoms with Crippen LogP contribution < -0.4 is 16.2 Å². The second kappa shape index (κ2) is 6.64. The predicted molar refractivity (Wildman–Crippen MR) is 93.9 cm³/mol. The maximum atomic E-state index is 12.1. The molecule has 2 rings (SSSR count). The molecule has 0 saturated carbocycles. The van der Waals surface area contributed by atoms with Gasteiger partial charge >= 0.3 is 0 Å². The van der Waals surface area contributed by atoms with Crippen LogP contribution in [0, 0.1) is 0 Å². The van der Waals surface area contributed by atoms with Crippen LogP contribution in [0.5, 0.6) is 5.75 Å². The van der Waals surface area contributed by atoms with Gasteiger partial charge in [0.2, 0.25) is 5.95 Å². The third kappa shape index (κ3) is 3.76. The largest absolute Gasteiger partial charge is 0.495 e. The number of sulfone groups is 1. The van der Waals surface area contributed by atoms with Gasteiger partial charge in [-0.25, -0.2) is 13.4 Å². The molecule has 0 aliphatic carbocycles. The van der Waals surface area contributed by atoms with Gasteiger partial charge in [0.25, 0.3) is 0 Å². The third-order valence-corrected chi connectivity index (χ3v) is 4.86. The molecule has 0 unspecified atom stereocenters. The van der Waals surface area contributed by atoms with E-state index in [1.165, 1.54) is 7.11 Å². The Kier molecular flexibility index (Phi) is 4.98. The minimum absolute atomic E-state index is 0.104. The van der Waals surface area contributed by atoms with Gasteiger partial charge in [-0.05, 0) is 29.2 Å².